The lowest BCUT2D eigenvalue weighted by molar-refractivity contribution is -0.136. The molecule has 1 aromatic carbocycles. The molecule has 1 aliphatic heterocycles. The van der Waals surface area contributed by atoms with E-state index in [9.17, 15) is 9.59 Å². The van der Waals surface area contributed by atoms with Gasteiger partial charge in [0.15, 0.2) is 0 Å². The summed E-state index contributed by atoms with van der Waals surface area (Å²) < 4.78 is 0. The van der Waals surface area contributed by atoms with Crippen molar-refractivity contribution in [3.63, 3.8) is 0 Å². The maximum absolute atomic E-state index is 11.9. The number of rotatable bonds is 2. The second kappa shape index (κ2) is 5.04. The van der Waals surface area contributed by atoms with Gasteiger partial charge in [0, 0.05) is 18.7 Å². The standard InChI is InChI=1S/C14H15N2O2/c1-3-13-14(18)15-12(9-16(13)10(2)17)11-7-5-4-6-8-11/h4-9,13H,3H2,1-2H3. The fraction of sp³-hybridized carbons (Fsp3) is 0.286. The number of hydrogen-bond acceptors (Lipinski definition) is 2. The minimum absolute atomic E-state index is 0.140. The van der Waals surface area contributed by atoms with Crippen molar-refractivity contribution in [3.8, 4) is 0 Å². The average molecular weight is 243 g/mol. The third kappa shape index (κ3) is 2.27. The van der Waals surface area contributed by atoms with Crippen molar-refractivity contribution >= 4 is 17.5 Å². The molecule has 18 heavy (non-hydrogen) atoms. The minimum atomic E-state index is -0.463. The van der Waals surface area contributed by atoms with E-state index in [-0.39, 0.29) is 11.8 Å². The molecule has 4 heteroatoms. The molecular formula is C14H15N2O2. The van der Waals surface area contributed by atoms with E-state index in [1.165, 1.54) is 11.8 Å². The quantitative estimate of drug-likeness (QED) is 0.794. The first-order chi connectivity index (χ1) is 8.63. The molecule has 1 atom stereocenters. The van der Waals surface area contributed by atoms with Gasteiger partial charge in [0.2, 0.25) is 5.91 Å². The number of nitrogens with zero attached hydrogens (tertiary/aromatic N) is 2. The fourth-order valence-electron chi connectivity index (χ4n) is 1.99. The van der Waals surface area contributed by atoms with Gasteiger partial charge in [0.05, 0.1) is 5.70 Å². The highest BCUT2D eigenvalue weighted by Crippen LogP contribution is 2.21. The topological polar surface area (TPSA) is 51.5 Å². The van der Waals surface area contributed by atoms with E-state index >= 15 is 0 Å². The lowest BCUT2D eigenvalue weighted by Crippen LogP contribution is -2.47. The molecule has 1 aromatic rings. The summed E-state index contributed by atoms with van der Waals surface area (Å²) in [4.78, 5) is 25.0. The molecule has 0 N–H and O–H groups in total. The van der Waals surface area contributed by atoms with Crippen LogP contribution in [0.3, 0.4) is 0 Å². The van der Waals surface area contributed by atoms with Gasteiger partial charge in [-0.25, -0.2) is 5.32 Å². The zero-order valence-corrected chi connectivity index (χ0v) is 10.5. The van der Waals surface area contributed by atoms with E-state index in [2.05, 4.69) is 5.32 Å². The van der Waals surface area contributed by atoms with Crippen LogP contribution in [0.4, 0.5) is 0 Å². The molecule has 0 fully saturated rings. The van der Waals surface area contributed by atoms with Crippen LogP contribution in [0.25, 0.3) is 5.70 Å². The monoisotopic (exact) mass is 243 g/mol. The van der Waals surface area contributed by atoms with E-state index in [0.717, 1.165) is 5.56 Å². The molecule has 0 saturated carbocycles. The molecule has 4 nitrogen and oxygen atoms in total. The van der Waals surface area contributed by atoms with Crippen LogP contribution in [0.1, 0.15) is 25.8 Å². The molecule has 1 radical (unpaired) electrons. The van der Waals surface area contributed by atoms with Gasteiger partial charge in [-0.15, -0.1) is 0 Å². The summed E-state index contributed by atoms with van der Waals surface area (Å²) in [6.07, 6.45) is 2.23. The van der Waals surface area contributed by atoms with Crippen LogP contribution in [0.2, 0.25) is 0 Å². The summed E-state index contributed by atoms with van der Waals surface area (Å²) in [7, 11) is 0. The third-order valence-corrected chi connectivity index (χ3v) is 2.93. The van der Waals surface area contributed by atoms with Crippen LogP contribution in [0.5, 0.6) is 0 Å². The summed E-state index contributed by atoms with van der Waals surface area (Å²) in [5.41, 5.74) is 1.38. The van der Waals surface area contributed by atoms with Gasteiger partial charge in [-0.3, -0.25) is 9.59 Å². The highest BCUT2D eigenvalue weighted by molar-refractivity contribution is 5.96. The Bertz CT molecular complexity index is 494. The molecule has 0 aromatic heterocycles. The molecule has 1 heterocycles. The Hall–Kier alpha value is -2.10. The fourth-order valence-corrected chi connectivity index (χ4v) is 1.99. The van der Waals surface area contributed by atoms with Crippen molar-refractivity contribution < 1.29 is 9.59 Å². The lowest BCUT2D eigenvalue weighted by Gasteiger charge is -2.30. The second-order valence-electron chi connectivity index (χ2n) is 4.18. The zero-order chi connectivity index (χ0) is 13.1. The van der Waals surface area contributed by atoms with Gasteiger partial charge in [-0.1, -0.05) is 37.3 Å². The third-order valence-electron chi connectivity index (χ3n) is 2.93. The largest absolute Gasteiger partial charge is 0.305 e. The summed E-state index contributed by atoms with van der Waals surface area (Å²) >= 11 is 0. The van der Waals surface area contributed by atoms with Gasteiger partial charge in [0.1, 0.15) is 6.04 Å². The zero-order valence-electron chi connectivity index (χ0n) is 10.5. The molecule has 2 rings (SSSR count). The Morgan fingerprint density at radius 1 is 1.33 bits per heavy atom. The number of benzene rings is 1. The molecule has 0 aliphatic carbocycles. The Morgan fingerprint density at radius 2 is 2.00 bits per heavy atom. The predicted molar refractivity (Wildman–Crippen MR) is 68.2 cm³/mol. The van der Waals surface area contributed by atoms with Crippen LogP contribution >= 0.6 is 0 Å². The summed E-state index contributed by atoms with van der Waals surface area (Å²) in [5, 5.41) is 4.07. The van der Waals surface area contributed by atoms with Crippen LogP contribution < -0.4 is 5.32 Å². The van der Waals surface area contributed by atoms with Crippen LogP contribution in [0.15, 0.2) is 36.5 Å². The number of amides is 2. The molecule has 1 unspecified atom stereocenters. The Kier molecular flexibility index (Phi) is 3.46. The lowest BCUT2D eigenvalue weighted by atomic mass is 10.1. The van der Waals surface area contributed by atoms with Crippen molar-refractivity contribution in [2.24, 2.45) is 0 Å². The summed E-state index contributed by atoms with van der Waals surface area (Å²) in [6.45, 7) is 3.33. The highest BCUT2D eigenvalue weighted by atomic mass is 16.2. The Balaban J connectivity index is 2.38. The first-order valence-corrected chi connectivity index (χ1v) is 5.95. The smallest absolute Gasteiger partial charge is 0.269 e. The van der Waals surface area contributed by atoms with Crippen LogP contribution in [0, 0.1) is 0 Å². The maximum atomic E-state index is 11.9. The van der Waals surface area contributed by atoms with E-state index in [0.29, 0.717) is 12.1 Å². The predicted octanol–water partition coefficient (Wildman–Crippen LogP) is 1.76. The molecule has 2 amide bonds. The van der Waals surface area contributed by atoms with E-state index in [1.807, 2.05) is 37.3 Å². The molecule has 0 spiro atoms. The maximum Gasteiger partial charge on any atom is 0.269 e. The summed E-state index contributed by atoms with van der Waals surface area (Å²) in [5.74, 6) is -0.396. The van der Waals surface area contributed by atoms with Crippen LogP contribution in [-0.2, 0) is 9.59 Å². The van der Waals surface area contributed by atoms with E-state index in [1.54, 1.807) is 6.20 Å². The van der Waals surface area contributed by atoms with Crippen molar-refractivity contribution in [1.82, 2.24) is 10.2 Å². The number of hydrogen-bond donors (Lipinski definition) is 0. The Labute approximate surface area is 106 Å². The van der Waals surface area contributed by atoms with Gasteiger partial charge in [-0.2, -0.15) is 0 Å². The number of carbonyl (C=O) groups is 2. The average Bonchev–Trinajstić information content (AvgIpc) is 2.38. The molecule has 93 valence electrons. The molecule has 0 saturated heterocycles. The first kappa shape index (κ1) is 12.4. The van der Waals surface area contributed by atoms with Gasteiger partial charge in [-0.05, 0) is 6.42 Å². The van der Waals surface area contributed by atoms with Gasteiger partial charge < -0.3 is 4.90 Å². The van der Waals surface area contributed by atoms with Crippen molar-refractivity contribution in [2.45, 2.75) is 26.3 Å². The van der Waals surface area contributed by atoms with Crippen molar-refractivity contribution in [2.75, 3.05) is 0 Å². The molecule has 0 bridgehead atoms. The minimum Gasteiger partial charge on any atom is -0.305 e. The molecule has 1 aliphatic rings. The SMILES string of the molecule is CCC1C(=O)[N]C(c2ccccc2)=CN1C(C)=O. The van der Waals surface area contributed by atoms with E-state index in [4.69, 9.17) is 0 Å². The number of carbonyl (C=O) groups excluding carboxylic acids is 2. The van der Waals surface area contributed by atoms with Crippen molar-refractivity contribution in [3.05, 3.63) is 42.1 Å². The van der Waals surface area contributed by atoms with Gasteiger partial charge >= 0.3 is 0 Å². The second-order valence-corrected chi connectivity index (χ2v) is 4.18. The highest BCUT2D eigenvalue weighted by Gasteiger charge is 2.31. The van der Waals surface area contributed by atoms with Gasteiger partial charge in [0.25, 0.3) is 5.91 Å². The Morgan fingerprint density at radius 3 is 2.56 bits per heavy atom. The molecular weight excluding hydrogens is 228 g/mol. The van der Waals surface area contributed by atoms with Crippen LogP contribution in [-0.4, -0.2) is 22.8 Å². The normalized spacial score (nSPS) is 19.2. The van der Waals surface area contributed by atoms with E-state index < -0.39 is 6.04 Å². The summed E-state index contributed by atoms with van der Waals surface area (Å²) in [6, 6.07) is 8.92. The van der Waals surface area contributed by atoms with Crippen molar-refractivity contribution in [1.29, 1.82) is 0 Å². The first-order valence-electron chi connectivity index (χ1n) is 5.95.